The average molecular weight is 393 g/mol. The molecule has 0 spiro atoms. The highest BCUT2D eigenvalue weighted by Gasteiger charge is 2.33. The molecule has 0 aliphatic carbocycles. The maximum absolute atomic E-state index is 12.4. The Balaban J connectivity index is 1.83. The lowest BCUT2D eigenvalue weighted by Crippen LogP contribution is -2.41. The van der Waals surface area contributed by atoms with E-state index < -0.39 is 9.84 Å². The van der Waals surface area contributed by atoms with Gasteiger partial charge in [0.25, 0.3) is 0 Å². The van der Waals surface area contributed by atoms with Crippen LogP contribution in [0, 0.1) is 0 Å². The van der Waals surface area contributed by atoms with E-state index in [9.17, 15) is 13.2 Å². The van der Waals surface area contributed by atoms with E-state index in [2.05, 4.69) is 22.4 Å². The molecule has 0 bridgehead atoms. The van der Waals surface area contributed by atoms with Crippen LogP contribution in [-0.2, 0) is 14.6 Å². The summed E-state index contributed by atoms with van der Waals surface area (Å²) in [5, 5.41) is 12.1. The second-order valence-electron chi connectivity index (χ2n) is 5.68. The third-order valence-electron chi connectivity index (χ3n) is 3.84. The van der Waals surface area contributed by atoms with Crippen LogP contribution in [0.1, 0.15) is 33.1 Å². The molecule has 1 aromatic heterocycles. The molecule has 10 heteroatoms. The van der Waals surface area contributed by atoms with Gasteiger partial charge in [0, 0.05) is 19.1 Å². The number of nitrogens with zero attached hydrogens (tertiary/aromatic N) is 3. The zero-order valence-electron chi connectivity index (χ0n) is 14.0. The number of carbonyl (C=O) groups excluding carboxylic acids is 1. The Kier molecular flexibility index (Phi) is 7.30. The highest BCUT2D eigenvalue weighted by Crippen LogP contribution is 2.26. The number of unbranched alkanes of at least 4 members (excludes halogenated alkanes) is 1. The number of hydrogen-bond donors (Lipinski definition) is 1. The Labute approximate surface area is 151 Å². The predicted molar refractivity (Wildman–Crippen MR) is 98.5 cm³/mol. The monoisotopic (exact) mass is 392 g/mol. The van der Waals surface area contributed by atoms with Crippen molar-refractivity contribution < 1.29 is 13.2 Å². The first kappa shape index (κ1) is 19.5. The maximum Gasteiger partial charge on any atom is 0.233 e. The number of aromatic nitrogens is 2. The van der Waals surface area contributed by atoms with Crippen LogP contribution in [0.2, 0.25) is 0 Å². The lowest BCUT2D eigenvalue weighted by atomic mass is 10.2. The fourth-order valence-electron chi connectivity index (χ4n) is 2.58. The van der Waals surface area contributed by atoms with Gasteiger partial charge in [-0.25, -0.2) is 8.42 Å². The van der Waals surface area contributed by atoms with Crippen LogP contribution >= 0.6 is 23.1 Å². The first-order valence-corrected chi connectivity index (χ1v) is 11.8. The molecule has 7 nitrogen and oxygen atoms in total. The summed E-state index contributed by atoms with van der Waals surface area (Å²) in [5.41, 5.74) is 0. The minimum Gasteiger partial charge on any atom is -0.360 e. The van der Waals surface area contributed by atoms with Crippen molar-refractivity contribution in [2.24, 2.45) is 0 Å². The van der Waals surface area contributed by atoms with Crippen LogP contribution in [0.3, 0.4) is 0 Å². The van der Waals surface area contributed by atoms with Gasteiger partial charge >= 0.3 is 0 Å². The van der Waals surface area contributed by atoms with Gasteiger partial charge in [0.1, 0.15) is 0 Å². The molecule has 1 unspecified atom stereocenters. The third-order valence-corrected chi connectivity index (χ3v) is 7.59. The highest BCUT2D eigenvalue weighted by atomic mass is 32.2. The quantitative estimate of drug-likeness (QED) is 0.507. The van der Waals surface area contributed by atoms with E-state index in [4.69, 9.17) is 0 Å². The smallest absolute Gasteiger partial charge is 0.233 e. The molecule has 0 radical (unpaired) electrons. The maximum atomic E-state index is 12.4. The van der Waals surface area contributed by atoms with Crippen molar-refractivity contribution >= 4 is 44.0 Å². The van der Waals surface area contributed by atoms with E-state index >= 15 is 0 Å². The third kappa shape index (κ3) is 5.59. The summed E-state index contributed by atoms with van der Waals surface area (Å²) in [6.07, 6.45) is 2.73. The summed E-state index contributed by atoms with van der Waals surface area (Å²) in [6, 6.07) is -0.186. The Morgan fingerprint density at radius 3 is 2.83 bits per heavy atom. The van der Waals surface area contributed by atoms with Gasteiger partial charge in [-0.2, -0.15) is 0 Å². The lowest BCUT2D eigenvalue weighted by Gasteiger charge is -2.26. The van der Waals surface area contributed by atoms with Crippen LogP contribution in [0.15, 0.2) is 4.34 Å². The molecule has 1 aliphatic rings. The Bertz CT molecular complexity index is 647. The van der Waals surface area contributed by atoms with Crippen molar-refractivity contribution in [1.29, 1.82) is 0 Å². The Morgan fingerprint density at radius 1 is 1.42 bits per heavy atom. The minimum atomic E-state index is -2.99. The van der Waals surface area contributed by atoms with Crippen molar-refractivity contribution in [3.8, 4) is 0 Å². The summed E-state index contributed by atoms with van der Waals surface area (Å²) in [5.74, 6) is 0.480. The van der Waals surface area contributed by atoms with E-state index in [1.165, 1.54) is 23.1 Å². The minimum absolute atomic E-state index is 0.0414. The van der Waals surface area contributed by atoms with Crippen LogP contribution in [-0.4, -0.2) is 65.8 Å². The molecular formula is C14H24N4O3S3. The summed E-state index contributed by atoms with van der Waals surface area (Å²) in [6.45, 7) is 5.41. The highest BCUT2D eigenvalue weighted by molar-refractivity contribution is 8.01. The number of hydrogen-bond acceptors (Lipinski definition) is 8. The van der Waals surface area contributed by atoms with E-state index in [0.717, 1.165) is 28.9 Å². The number of carbonyl (C=O) groups is 1. The normalized spacial score (nSPS) is 19.3. The number of rotatable bonds is 9. The van der Waals surface area contributed by atoms with Crippen LogP contribution in [0.25, 0.3) is 0 Å². The Morgan fingerprint density at radius 2 is 2.21 bits per heavy atom. The number of amides is 1. The van der Waals surface area contributed by atoms with Gasteiger partial charge in [0.15, 0.2) is 14.2 Å². The van der Waals surface area contributed by atoms with Gasteiger partial charge in [-0.05, 0) is 19.8 Å². The van der Waals surface area contributed by atoms with E-state index in [0.29, 0.717) is 13.0 Å². The van der Waals surface area contributed by atoms with Crippen molar-refractivity contribution in [3.63, 3.8) is 0 Å². The molecule has 1 atom stereocenters. The number of thioether (sulfide) groups is 1. The van der Waals surface area contributed by atoms with Crippen molar-refractivity contribution in [1.82, 2.24) is 15.1 Å². The first-order chi connectivity index (χ1) is 11.4. The van der Waals surface area contributed by atoms with Gasteiger partial charge in [0.05, 0.1) is 17.3 Å². The van der Waals surface area contributed by atoms with Crippen molar-refractivity contribution in [3.05, 3.63) is 0 Å². The Hall–Kier alpha value is -0.870. The lowest BCUT2D eigenvalue weighted by molar-refractivity contribution is -0.129. The van der Waals surface area contributed by atoms with Gasteiger partial charge in [-0.1, -0.05) is 36.4 Å². The molecule has 2 heterocycles. The summed E-state index contributed by atoms with van der Waals surface area (Å²) < 4.78 is 24.0. The van der Waals surface area contributed by atoms with E-state index in [-0.39, 0.29) is 29.2 Å². The molecule has 2 rings (SSSR count). The molecule has 0 aromatic carbocycles. The van der Waals surface area contributed by atoms with E-state index in [1.807, 2.05) is 6.92 Å². The standard InChI is InChI=1S/C14H24N4O3S3/c1-3-5-7-15-13-16-17-14(23-13)22-9-12(19)18(4-2)11-6-8-24(20,21)10-11/h11H,3-10H2,1-2H3,(H,15,16). The molecular weight excluding hydrogens is 368 g/mol. The van der Waals surface area contributed by atoms with E-state index in [1.54, 1.807) is 4.90 Å². The fraction of sp³-hybridized carbons (Fsp3) is 0.786. The molecule has 1 aromatic rings. The second kappa shape index (κ2) is 9.00. The largest absolute Gasteiger partial charge is 0.360 e. The fourth-order valence-corrected chi connectivity index (χ4v) is 5.97. The van der Waals surface area contributed by atoms with Gasteiger partial charge in [0.2, 0.25) is 11.0 Å². The summed E-state index contributed by atoms with van der Waals surface area (Å²) in [4.78, 5) is 14.1. The molecule has 1 amide bonds. The molecule has 24 heavy (non-hydrogen) atoms. The van der Waals surface area contributed by atoms with Gasteiger partial charge in [-0.3, -0.25) is 4.79 Å². The van der Waals surface area contributed by atoms with Crippen LogP contribution < -0.4 is 5.32 Å². The topological polar surface area (TPSA) is 92.3 Å². The second-order valence-corrected chi connectivity index (χ2v) is 10.1. The van der Waals surface area contributed by atoms with Crippen molar-refractivity contribution in [2.45, 2.75) is 43.5 Å². The molecule has 136 valence electrons. The molecule has 1 aliphatic heterocycles. The zero-order valence-corrected chi connectivity index (χ0v) is 16.5. The number of sulfone groups is 1. The molecule has 0 saturated carbocycles. The zero-order chi connectivity index (χ0) is 17.6. The molecule has 1 N–H and O–H groups in total. The first-order valence-electron chi connectivity index (χ1n) is 8.15. The molecule has 1 saturated heterocycles. The SMILES string of the molecule is CCCCNc1nnc(SCC(=O)N(CC)C2CCS(=O)(=O)C2)s1. The number of nitrogens with one attached hydrogen (secondary N) is 1. The molecule has 1 fully saturated rings. The van der Waals surface area contributed by atoms with Crippen LogP contribution in [0.5, 0.6) is 0 Å². The van der Waals surface area contributed by atoms with Gasteiger partial charge in [-0.15, -0.1) is 10.2 Å². The predicted octanol–water partition coefficient (Wildman–Crippen LogP) is 1.88. The van der Waals surface area contributed by atoms with Crippen molar-refractivity contribution in [2.75, 3.05) is 35.7 Å². The summed E-state index contributed by atoms with van der Waals surface area (Å²) in [7, 11) is -2.99. The summed E-state index contributed by atoms with van der Waals surface area (Å²) >= 11 is 2.79. The number of anilines is 1. The van der Waals surface area contributed by atoms with Crippen LogP contribution in [0.4, 0.5) is 5.13 Å². The average Bonchev–Trinajstić information content (AvgIpc) is 3.13. The van der Waals surface area contributed by atoms with Gasteiger partial charge < -0.3 is 10.2 Å².